The van der Waals surface area contributed by atoms with E-state index < -0.39 is 0 Å². The van der Waals surface area contributed by atoms with Crippen LogP contribution in [0.3, 0.4) is 0 Å². The van der Waals surface area contributed by atoms with Gasteiger partial charge < -0.3 is 10.2 Å². The van der Waals surface area contributed by atoms with Crippen LogP contribution < -0.4 is 5.73 Å². The van der Waals surface area contributed by atoms with Crippen LogP contribution in [0.1, 0.15) is 85.4 Å². The van der Waals surface area contributed by atoms with E-state index in [1.807, 2.05) is 6.92 Å². The number of hydrogen-bond donors (Lipinski definition) is 1. The number of ketones is 1. The fraction of sp³-hybridized carbons (Fsp3) is 0.500. The summed E-state index contributed by atoms with van der Waals surface area (Å²) in [7, 11) is 0. The molecule has 1 heterocycles. The van der Waals surface area contributed by atoms with Crippen molar-refractivity contribution in [3.05, 3.63) is 58.5 Å². The summed E-state index contributed by atoms with van der Waals surface area (Å²) in [6.07, 6.45) is 5.11. The third-order valence-electron chi connectivity index (χ3n) is 4.35. The Kier molecular flexibility index (Phi) is 9.22. The van der Waals surface area contributed by atoms with Gasteiger partial charge in [0.25, 0.3) is 0 Å². The molecule has 0 aliphatic heterocycles. The minimum atomic E-state index is 0.0642. The Bertz CT molecular complexity index is 652. The van der Waals surface area contributed by atoms with Crippen molar-refractivity contribution in [2.45, 2.75) is 72.8 Å². The molecule has 0 fully saturated rings. The van der Waals surface area contributed by atoms with Crippen molar-refractivity contribution in [1.82, 2.24) is 0 Å². The van der Waals surface area contributed by atoms with E-state index in [-0.39, 0.29) is 5.78 Å². The second kappa shape index (κ2) is 10.9. The molecule has 3 nitrogen and oxygen atoms in total. The zero-order valence-corrected chi connectivity index (χ0v) is 16.4. The van der Waals surface area contributed by atoms with Crippen LogP contribution in [0.2, 0.25) is 0 Å². The molecule has 138 valence electrons. The smallest absolute Gasteiger partial charge is 0.163 e. The third-order valence-corrected chi connectivity index (χ3v) is 4.35. The summed E-state index contributed by atoms with van der Waals surface area (Å²) in [4.78, 5) is 10.8. The zero-order valence-electron chi connectivity index (χ0n) is 16.4. The molecule has 0 radical (unpaired) electrons. The predicted molar refractivity (Wildman–Crippen MR) is 105 cm³/mol. The van der Waals surface area contributed by atoms with Gasteiger partial charge in [-0.3, -0.25) is 4.79 Å². The van der Waals surface area contributed by atoms with Gasteiger partial charge in [-0.15, -0.1) is 0 Å². The largest absolute Gasteiger partial charge is 0.466 e. The molecule has 1 aromatic carbocycles. The molecule has 2 N–H and O–H groups in total. The van der Waals surface area contributed by atoms with Crippen molar-refractivity contribution in [2.24, 2.45) is 5.73 Å². The highest BCUT2D eigenvalue weighted by Crippen LogP contribution is 2.26. The Balaban J connectivity index is 0.000000271. The Hall–Kier alpha value is -1.87. The Morgan fingerprint density at radius 3 is 2.16 bits per heavy atom. The van der Waals surface area contributed by atoms with Crippen molar-refractivity contribution in [1.29, 1.82) is 0 Å². The Labute approximate surface area is 152 Å². The SMILES string of the molecule is CC(=O)c1cc(C)oc1C.CCCC(CCC)c1cccc(CN)c1. The molecule has 2 rings (SSSR count). The summed E-state index contributed by atoms with van der Waals surface area (Å²) in [5.41, 5.74) is 9.09. The predicted octanol–water partition coefficient (Wildman–Crippen LogP) is 5.93. The van der Waals surface area contributed by atoms with Crippen LogP contribution in [-0.2, 0) is 6.54 Å². The van der Waals surface area contributed by atoms with Crippen molar-refractivity contribution in [3.8, 4) is 0 Å². The van der Waals surface area contributed by atoms with Crippen LogP contribution in [0, 0.1) is 13.8 Å². The summed E-state index contributed by atoms with van der Waals surface area (Å²) in [5, 5.41) is 0. The van der Waals surface area contributed by atoms with Gasteiger partial charge in [0.1, 0.15) is 11.5 Å². The number of aryl methyl sites for hydroxylation is 2. The molecule has 1 aromatic heterocycles. The minimum absolute atomic E-state index is 0.0642. The summed E-state index contributed by atoms with van der Waals surface area (Å²) in [6.45, 7) is 10.3. The van der Waals surface area contributed by atoms with Gasteiger partial charge in [0.2, 0.25) is 0 Å². The third kappa shape index (κ3) is 6.87. The average Bonchev–Trinajstić information content (AvgIpc) is 2.94. The van der Waals surface area contributed by atoms with Crippen molar-refractivity contribution < 1.29 is 9.21 Å². The van der Waals surface area contributed by atoms with Crippen molar-refractivity contribution >= 4 is 5.78 Å². The first-order chi connectivity index (χ1) is 11.9. The van der Waals surface area contributed by atoms with Gasteiger partial charge in [-0.2, -0.15) is 0 Å². The van der Waals surface area contributed by atoms with Crippen molar-refractivity contribution in [3.63, 3.8) is 0 Å². The van der Waals surface area contributed by atoms with Crippen LogP contribution in [0.4, 0.5) is 0 Å². The lowest BCUT2D eigenvalue weighted by Crippen LogP contribution is -2.01. The summed E-state index contributed by atoms with van der Waals surface area (Å²) >= 11 is 0. The Morgan fingerprint density at radius 1 is 1.12 bits per heavy atom. The molecule has 0 saturated carbocycles. The minimum Gasteiger partial charge on any atom is -0.466 e. The van der Waals surface area contributed by atoms with Gasteiger partial charge in [-0.1, -0.05) is 51.0 Å². The fourth-order valence-corrected chi connectivity index (χ4v) is 3.13. The van der Waals surface area contributed by atoms with Gasteiger partial charge in [-0.25, -0.2) is 0 Å². The Morgan fingerprint density at radius 2 is 1.76 bits per heavy atom. The summed E-state index contributed by atoms with van der Waals surface area (Å²) in [5.74, 6) is 2.30. The van der Waals surface area contributed by atoms with E-state index in [2.05, 4.69) is 38.1 Å². The van der Waals surface area contributed by atoms with E-state index in [1.165, 1.54) is 43.7 Å². The lowest BCUT2D eigenvalue weighted by atomic mass is 9.89. The molecular formula is C22H33NO2. The van der Waals surface area contributed by atoms with Crippen LogP contribution in [0.25, 0.3) is 0 Å². The van der Waals surface area contributed by atoms with E-state index in [1.54, 1.807) is 13.0 Å². The van der Waals surface area contributed by atoms with Crippen LogP contribution in [0.15, 0.2) is 34.7 Å². The van der Waals surface area contributed by atoms with Crippen LogP contribution in [0.5, 0.6) is 0 Å². The van der Waals surface area contributed by atoms with Gasteiger partial charge in [0, 0.05) is 6.54 Å². The monoisotopic (exact) mass is 343 g/mol. The summed E-state index contributed by atoms with van der Waals surface area (Å²) in [6, 6.07) is 10.5. The molecule has 0 aliphatic carbocycles. The molecule has 0 amide bonds. The lowest BCUT2D eigenvalue weighted by Gasteiger charge is -2.16. The first-order valence-corrected chi connectivity index (χ1v) is 9.29. The van der Waals surface area contributed by atoms with E-state index in [0.717, 1.165) is 11.7 Å². The number of carbonyl (C=O) groups is 1. The molecule has 0 saturated heterocycles. The quantitative estimate of drug-likeness (QED) is 0.634. The summed E-state index contributed by atoms with van der Waals surface area (Å²) < 4.78 is 5.15. The lowest BCUT2D eigenvalue weighted by molar-refractivity contribution is 0.101. The zero-order chi connectivity index (χ0) is 18.8. The number of nitrogens with two attached hydrogens (primary N) is 1. The molecule has 0 aliphatic rings. The molecular weight excluding hydrogens is 310 g/mol. The van der Waals surface area contributed by atoms with E-state index in [0.29, 0.717) is 17.9 Å². The maximum atomic E-state index is 10.8. The maximum absolute atomic E-state index is 10.8. The fourth-order valence-electron chi connectivity index (χ4n) is 3.13. The first-order valence-electron chi connectivity index (χ1n) is 9.29. The van der Waals surface area contributed by atoms with Gasteiger partial charge in [0.15, 0.2) is 5.78 Å². The molecule has 3 heteroatoms. The van der Waals surface area contributed by atoms with Crippen LogP contribution in [-0.4, -0.2) is 5.78 Å². The number of Topliss-reactive ketones (excluding diaryl/α,β-unsaturated/α-hetero) is 1. The molecule has 0 bridgehead atoms. The number of carbonyl (C=O) groups excluding carboxylic acids is 1. The molecule has 0 spiro atoms. The molecule has 25 heavy (non-hydrogen) atoms. The second-order valence-electron chi connectivity index (χ2n) is 6.61. The second-order valence-corrected chi connectivity index (χ2v) is 6.61. The highest BCUT2D eigenvalue weighted by Gasteiger charge is 2.09. The number of rotatable bonds is 7. The average molecular weight is 344 g/mol. The highest BCUT2D eigenvalue weighted by atomic mass is 16.3. The maximum Gasteiger partial charge on any atom is 0.163 e. The number of benzene rings is 1. The highest BCUT2D eigenvalue weighted by molar-refractivity contribution is 5.95. The first kappa shape index (κ1) is 21.2. The molecule has 2 aromatic rings. The normalized spacial score (nSPS) is 10.5. The van der Waals surface area contributed by atoms with E-state index in [9.17, 15) is 4.79 Å². The van der Waals surface area contributed by atoms with E-state index in [4.69, 9.17) is 10.2 Å². The number of hydrogen-bond acceptors (Lipinski definition) is 3. The van der Waals surface area contributed by atoms with E-state index >= 15 is 0 Å². The van der Waals surface area contributed by atoms with Crippen molar-refractivity contribution in [2.75, 3.05) is 0 Å². The molecule has 0 atom stereocenters. The molecule has 0 unspecified atom stereocenters. The number of furan rings is 1. The standard InChI is InChI=1S/C14H23N.C8H10O2/c1-3-6-13(7-4-2)14-9-5-8-12(10-14)11-15;1-5-4-8(6(2)9)7(3)10-5/h5,8-10,13H,3-4,6-7,11,15H2,1-2H3;4H,1-3H3. The van der Waals surface area contributed by atoms with Crippen LogP contribution >= 0.6 is 0 Å². The van der Waals surface area contributed by atoms with Gasteiger partial charge in [0.05, 0.1) is 5.56 Å². The topological polar surface area (TPSA) is 56.2 Å². The van der Waals surface area contributed by atoms with Gasteiger partial charge in [-0.05, 0) is 56.7 Å². The van der Waals surface area contributed by atoms with Gasteiger partial charge >= 0.3 is 0 Å².